The maximum atomic E-state index is 12.7. The number of halogens is 12. The lowest BCUT2D eigenvalue weighted by molar-refractivity contribution is -0.200. The van der Waals surface area contributed by atoms with E-state index in [0.29, 0.717) is 107 Å². The summed E-state index contributed by atoms with van der Waals surface area (Å²) in [4.78, 5) is 115. The van der Waals surface area contributed by atoms with E-state index in [1.807, 2.05) is 94.1 Å². The van der Waals surface area contributed by atoms with Crippen molar-refractivity contribution in [3.8, 4) is 45.5 Å². The monoisotopic (exact) mass is 1830 g/mol. The quantitative estimate of drug-likeness (QED) is 0.0289. The first-order valence-corrected chi connectivity index (χ1v) is 40.6. The van der Waals surface area contributed by atoms with Crippen molar-refractivity contribution in [1.82, 2.24) is 49.2 Å². The van der Waals surface area contributed by atoms with Crippen LogP contribution in [0.3, 0.4) is 0 Å². The number of hydrogen-bond acceptors (Lipinski definition) is 22. The molecule has 0 aliphatic carbocycles. The van der Waals surface area contributed by atoms with E-state index in [-0.39, 0.29) is 52.4 Å². The van der Waals surface area contributed by atoms with Gasteiger partial charge < -0.3 is 77.9 Å². The number of alkyl halides is 12. The molecule has 0 bridgehead atoms. The number of benzene rings is 4. The molecule has 4 saturated heterocycles. The molecule has 6 aromatic rings. The molecule has 4 amide bonds. The maximum absolute atomic E-state index is 12.7. The molecule has 0 saturated carbocycles. The number of carboxylic acids is 4. The minimum absolute atomic E-state index is 0.213. The number of hydrogen-bond donors (Lipinski definition) is 4. The number of nitrogens with zero attached hydrogens (tertiary/aromatic N) is 10. The van der Waals surface area contributed by atoms with Crippen molar-refractivity contribution in [3.63, 3.8) is 0 Å². The lowest BCUT2D eigenvalue weighted by atomic mass is 10.0. The Balaban J connectivity index is 0.000000235. The summed E-state index contributed by atoms with van der Waals surface area (Å²) >= 11 is 0. The number of aromatic nitrogens is 2. The molecule has 4 aliphatic heterocycles. The second kappa shape index (κ2) is 45.4. The van der Waals surface area contributed by atoms with E-state index >= 15 is 0 Å². The second-order valence-electron chi connectivity index (χ2n) is 31.7. The summed E-state index contributed by atoms with van der Waals surface area (Å²) in [6.45, 7) is 22.8. The number of piperazine rings is 4. The van der Waals surface area contributed by atoms with Crippen molar-refractivity contribution in [2.75, 3.05) is 105 Å². The number of ether oxygens (including phenoxy) is 8. The van der Waals surface area contributed by atoms with Gasteiger partial charge in [-0.15, -0.1) is 0 Å². The molecule has 30 nitrogen and oxygen atoms in total. The van der Waals surface area contributed by atoms with Gasteiger partial charge in [-0.3, -0.25) is 29.6 Å². The predicted octanol–water partition coefficient (Wildman–Crippen LogP) is 14.5. The van der Waals surface area contributed by atoms with Crippen LogP contribution >= 0.6 is 0 Å². The van der Waals surface area contributed by atoms with Crippen LogP contribution in [0.2, 0.25) is 0 Å². The highest BCUT2D eigenvalue weighted by atomic mass is 19.4. The SMILES string of the molecule is CC(OC(=O)N1CCN(Cc2cc(OC(C)(C)C(=O)O)cc(-c3ccccn3)c2)CC1)C(F)(F)F.CC(OC(=O)N1CCN(Cc2cc(OC(C)(C)C(=O)O)ccc2-c2ccccn2)CC1)C(F)(F)F.Cc1ccc(CN2CCN(C(=O)OC(C)C(F)(F)F)CC2)c(O[C@@H](C)C(=O)O)c1.Cc1ccc(CN2CCN(C(=O)OC(C)C(F)(F)F)CC2)c(O[C@H](C)C(=O)O)c1. The fraction of sp³-hybridized carbons (Fsp3) is 0.512. The molecule has 42 heteroatoms. The molecule has 4 fully saturated rings. The van der Waals surface area contributed by atoms with Crippen molar-refractivity contribution in [3.05, 3.63) is 155 Å². The second-order valence-corrected chi connectivity index (χ2v) is 31.7. The molecule has 704 valence electrons. The van der Waals surface area contributed by atoms with Gasteiger partial charge in [0.2, 0.25) is 0 Å². The highest BCUT2D eigenvalue weighted by molar-refractivity contribution is 5.78. The maximum Gasteiger partial charge on any atom is 0.425 e. The van der Waals surface area contributed by atoms with Gasteiger partial charge in [0, 0.05) is 166 Å². The van der Waals surface area contributed by atoms with E-state index in [0.717, 1.165) is 77.9 Å². The van der Waals surface area contributed by atoms with Gasteiger partial charge in [0.25, 0.3) is 0 Å². The van der Waals surface area contributed by atoms with Gasteiger partial charge in [-0.25, -0.2) is 38.4 Å². The van der Waals surface area contributed by atoms with Crippen LogP contribution in [0.1, 0.15) is 103 Å². The third-order valence-electron chi connectivity index (χ3n) is 20.5. The average Bonchev–Trinajstić information content (AvgIpc) is 0.812. The fourth-order valence-corrected chi connectivity index (χ4v) is 12.5. The number of rotatable bonds is 26. The fourth-order valence-electron chi connectivity index (χ4n) is 12.5. The summed E-state index contributed by atoms with van der Waals surface area (Å²) < 4.78 is 192. The summed E-state index contributed by atoms with van der Waals surface area (Å²) in [5.41, 5.74) is 5.26. The highest BCUT2D eigenvalue weighted by Crippen LogP contribution is 2.35. The average molecular weight is 1830 g/mol. The summed E-state index contributed by atoms with van der Waals surface area (Å²) in [5, 5.41) is 37.0. The van der Waals surface area contributed by atoms with Crippen LogP contribution in [0.4, 0.5) is 71.9 Å². The molecule has 4 N–H and O–H groups in total. The summed E-state index contributed by atoms with van der Waals surface area (Å²) in [6, 6.07) is 32.7. The van der Waals surface area contributed by atoms with Crippen molar-refractivity contribution < 1.29 is 149 Å². The Kier molecular flexibility index (Phi) is 36.6. The summed E-state index contributed by atoms with van der Waals surface area (Å²) in [5.74, 6) is -2.65. The van der Waals surface area contributed by atoms with Crippen LogP contribution in [0.25, 0.3) is 22.5 Å². The molecule has 4 aromatic carbocycles. The molecule has 4 aliphatic rings. The number of amides is 4. The minimum atomic E-state index is -4.61. The van der Waals surface area contributed by atoms with E-state index in [9.17, 15) is 101 Å². The number of carbonyl (C=O) groups is 8. The first kappa shape index (κ1) is 103. The van der Waals surface area contributed by atoms with Gasteiger partial charge in [0.05, 0.1) is 11.4 Å². The molecule has 0 spiro atoms. The topological polar surface area (TPSA) is 343 Å². The normalized spacial score (nSPS) is 16.7. The standard InChI is InChI=1S/2C24H28F3N3O5.2C19H25F3N2O5/c1-16(24(25,26)27)34-22(33)30-12-10-29(11-13-30)15-17-14-18(35-23(2,3)21(31)32)7-8-19(17)20-6-4-5-9-28-20;1-16(24(25,26)27)34-22(33)30-10-8-29(9-11-30)15-17-12-18(20-6-4-5-7-28-20)14-19(13-17)35-23(2,3)21(31)32;2*1-12-4-5-15(16(10-12)28-13(2)17(25)26)11-23-6-8-24(9-7-23)18(27)29-14(3)19(20,21)22/h4-9,14,16H,10-13,15H2,1-3H3,(H,31,32);4-7,12-14,16H,8-11,15H2,1-3H3,(H,31,32);2*4-5,10,13-14H,6-9,11H2,1-3H3,(H,25,26)/t;;2*13-,14?/m..10/s1. The van der Waals surface area contributed by atoms with E-state index in [2.05, 4.69) is 28.9 Å². The van der Waals surface area contributed by atoms with Crippen LogP contribution in [-0.4, -0.2) is 295 Å². The Labute approximate surface area is 731 Å². The van der Waals surface area contributed by atoms with Gasteiger partial charge in [-0.2, -0.15) is 52.7 Å². The lowest BCUT2D eigenvalue weighted by Crippen LogP contribution is -2.49. The summed E-state index contributed by atoms with van der Waals surface area (Å²) in [6.07, 6.45) is -29.7. The number of pyridine rings is 2. The van der Waals surface area contributed by atoms with E-state index < -0.39 is 121 Å². The van der Waals surface area contributed by atoms with Crippen molar-refractivity contribution in [1.29, 1.82) is 0 Å². The van der Waals surface area contributed by atoms with Crippen molar-refractivity contribution in [2.45, 2.75) is 182 Å². The first-order chi connectivity index (χ1) is 59.6. The lowest BCUT2D eigenvalue weighted by Gasteiger charge is -2.35. The third-order valence-corrected chi connectivity index (χ3v) is 20.5. The largest absolute Gasteiger partial charge is 0.479 e. The number of carbonyl (C=O) groups excluding carboxylic acids is 4. The molecular formula is C86H106F12N10O20. The Morgan fingerprint density at radius 1 is 0.367 bits per heavy atom. The Hall–Kier alpha value is -11.7. The van der Waals surface area contributed by atoms with Gasteiger partial charge in [0.15, 0.2) is 47.8 Å². The molecule has 128 heavy (non-hydrogen) atoms. The van der Waals surface area contributed by atoms with Crippen LogP contribution in [0, 0.1) is 13.8 Å². The first-order valence-electron chi connectivity index (χ1n) is 40.6. The third kappa shape index (κ3) is 32.3. The van der Waals surface area contributed by atoms with Crippen molar-refractivity contribution in [2.24, 2.45) is 0 Å². The van der Waals surface area contributed by atoms with E-state index in [1.165, 1.54) is 61.1 Å². The van der Waals surface area contributed by atoms with Crippen LogP contribution in [-0.2, 0) is 64.3 Å². The van der Waals surface area contributed by atoms with Gasteiger partial charge in [0.1, 0.15) is 23.0 Å². The molecular weight excluding hydrogens is 1720 g/mol. The Morgan fingerprint density at radius 2 is 0.688 bits per heavy atom. The van der Waals surface area contributed by atoms with Crippen LogP contribution < -0.4 is 18.9 Å². The van der Waals surface area contributed by atoms with Gasteiger partial charge in [-0.05, 0) is 178 Å². The molecule has 0 radical (unpaired) electrons. The summed E-state index contributed by atoms with van der Waals surface area (Å²) in [7, 11) is 0. The number of aliphatic carboxylic acids is 4. The highest BCUT2D eigenvalue weighted by Gasteiger charge is 2.45. The zero-order valence-electron chi connectivity index (χ0n) is 72.5. The van der Waals surface area contributed by atoms with E-state index in [4.69, 9.17) is 29.2 Å². The van der Waals surface area contributed by atoms with Crippen molar-refractivity contribution >= 4 is 48.3 Å². The zero-order chi connectivity index (χ0) is 95.1. The van der Waals surface area contributed by atoms with Crippen LogP contribution in [0.15, 0.2) is 122 Å². The molecule has 6 atom stereocenters. The van der Waals surface area contributed by atoms with Gasteiger partial charge >= 0.3 is 73.0 Å². The molecule has 6 heterocycles. The molecule has 2 aromatic heterocycles. The number of aryl methyl sites for hydroxylation is 2. The minimum Gasteiger partial charge on any atom is -0.479 e. The number of carboxylic acid groups (broad SMARTS) is 4. The van der Waals surface area contributed by atoms with Gasteiger partial charge in [-0.1, -0.05) is 36.4 Å². The van der Waals surface area contributed by atoms with Crippen LogP contribution in [0.5, 0.6) is 23.0 Å². The predicted molar refractivity (Wildman–Crippen MR) is 437 cm³/mol. The smallest absolute Gasteiger partial charge is 0.425 e. The van der Waals surface area contributed by atoms with E-state index in [1.54, 1.807) is 60.9 Å². The Bertz CT molecular complexity index is 4570. The zero-order valence-corrected chi connectivity index (χ0v) is 72.5. The molecule has 4 unspecified atom stereocenters. The Morgan fingerprint density at radius 3 is 1.00 bits per heavy atom. The molecule has 10 rings (SSSR count).